The lowest BCUT2D eigenvalue weighted by Crippen LogP contribution is -2.31. The fourth-order valence-corrected chi connectivity index (χ4v) is 2.83. The second kappa shape index (κ2) is 9.02. The van der Waals surface area contributed by atoms with E-state index in [1.54, 1.807) is 6.20 Å². The molecule has 1 aromatic heterocycles. The second-order valence-electron chi connectivity index (χ2n) is 6.03. The van der Waals surface area contributed by atoms with Crippen LogP contribution in [0.4, 0.5) is 0 Å². The molecule has 0 fully saturated rings. The van der Waals surface area contributed by atoms with E-state index in [0.29, 0.717) is 18.5 Å². The fourth-order valence-electron chi connectivity index (χ4n) is 2.83. The van der Waals surface area contributed by atoms with Crippen LogP contribution in [0.25, 0.3) is 0 Å². The van der Waals surface area contributed by atoms with Crippen molar-refractivity contribution in [2.45, 2.75) is 19.9 Å². The summed E-state index contributed by atoms with van der Waals surface area (Å²) in [6.07, 6.45) is 2.34. The van der Waals surface area contributed by atoms with Gasteiger partial charge in [-0.15, -0.1) is 12.4 Å². The average Bonchev–Trinajstić information content (AvgIpc) is 2.65. The standard InChI is InChI=1S/C21H21N3O.ClH/c1-15-13-24-21(25)19(18(15)12-16-8-4-2-5-9-16)20(22)23-14-17-10-6-3-7-11-17;/h2-11,13H,12,14H2,1H3,(H2,22,23)(H,24,25);1H. The summed E-state index contributed by atoms with van der Waals surface area (Å²) in [5.74, 6) is 0.153. The van der Waals surface area contributed by atoms with E-state index in [4.69, 9.17) is 5.41 Å². The van der Waals surface area contributed by atoms with Crippen molar-refractivity contribution < 1.29 is 0 Å². The Labute approximate surface area is 159 Å². The maximum Gasteiger partial charge on any atom is 0.259 e. The summed E-state index contributed by atoms with van der Waals surface area (Å²) in [6, 6.07) is 19.9. The van der Waals surface area contributed by atoms with Gasteiger partial charge in [0.15, 0.2) is 0 Å². The summed E-state index contributed by atoms with van der Waals surface area (Å²) in [6.45, 7) is 2.47. The van der Waals surface area contributed by atoms with Crippen molar-refractivity contribution in [2.75, 3.05) is 0 Å². The first kappa shape index (κ1) is 19.5. The zero-order valence-electron chi connectivity index (χ0n) is 14.6. The third-order valence-electron chi connectivity index (χ3n) is 4.21. The van der Waals surface area contributed by atoms with Gasteiger partial charge in [0.1, 0.15) is 5.84 Å². The predicted molar refractivity (Wildman–Crippen MR) is 108 cm³/mol. The summed E-state index contributed by atoms with van der Waals surface area (Å²) >= 11 is 0. The summed E-state index contributed by atoms with van der Waals surface area (Å²) in [4.78, 5) is 15.1. The van der Waals surface area contributed by atoms with Gasteiger partial charge in [0.2, 0.25) is 0 Å². The molecule has 0 aliphatic carbocycles. The molecule has 1 heterocycles. The van der Waals surface area contributed by atoms with E-state index in [1.165, 1.54) is 0 Å². The number of hydrogen-bond donors (Lipinski definition) is 3. The summed E-state index contributed by atoms with van der Waals surface area (Å²) in [5, 5.41) is 11.5. The van der Waals surface area contributed by atoms with Crippen LogP contribution in [-0.2, 0) is 13.0 Å². The van der Waals surface area contributed by atoms with E-state index >= 15 is 0 Å². The molecule has 0 radical (unpaired) electrons. The third kappa shape index (κ3) is 4.61. The van der Waals surface area contributed by atoms with Crippen molar-refractivity contribution in [3.8, 4) is 0 Å². The van der Waals surface area contributed by atoms with Crippen molar-refractivity contribution in [3.05, 3.63) is 105 Å². The molecule has 0 aliphatic rings. The Morgan fingerprint density at radius 2 is 1.58 bits per heavy atom. The molecule has 0 atom stereocenters. The lowest BCUT2D eigenvalue weighted by Gasteiger charge is -2.14. The smallest absolute Gasteiger partial charge is 0.259 e. The highest BCUT2D eigenvalue weighted by atomic mass is 35.5. The largest absolute Gasteiger partial charge is 0.366 e. The Morgan fingerprint density at radius 3 is 2.19 bits per heavy atom. The highest BCUT2D eigenvalue weighted by molar-refractivity contribution is 5.97. The van der Waals surface area contributed by atoms with Gasteiger partial charge < -0.3 is 10.3 Å². The molecule has 2 aromatic carbocycles. The molecule has 0 saturated carbocycles. The average molecular weight is 368 g/mol. The van der Waals surface area contributed by atoms with Crippen molar-refractivity contribution in [2.24, 2.45) is 0 Å². The minimum Gasteiger partial charge on any atom is -0.366 e. The van der Waals surface area contributed by atoms with Gasteiger partial charge in [0.05, 0.1) is 5.56 Å². The van der Waals surface area contributed by atoms with Crippen LogP contribution in [0.1, 0.15) is 27.8 Å². The number of nitrogens with one attached hydrogen (secondary N) is 3. The highest BCUT2D eigenvalue weighted by Crippen LogP contribution is 2.15. The van der Waals surface area contributed by atoms with Gasteiger partial charge in [0.25, 0.3) is 5.56 Å². The normalized spacial score (nSPS) is 10.0. The summed E-state index contributed by atoms with van der Waals surface area (Å²) in [5.41, 5.74) is 4.24. The number of H-pyrrole nitrogens is 1. The van der Waals surface area contributed by atoms with Gasteiger partial charge in [-0.2, -0.15) is 0 Å². The maximum atomic E-state index is 12.4. The first-order valence-electron chi connectivity index (χ1n) is 8.27. The number of aromatic amines is 1. The molecule has 3 N–H and O–H groups in total. The molecule has 0 aliphatic heterocycles. The van der Waals surface area contributed by atoms with Gasteiger partial charge >= 0.3 is 0 Å². The first-order chi connectivity index (χ1) is 12.1. The van der Waals surface area contributed by atoms with Gasteiger partial charge in [-0.05, 0) is 35.6 Å². The van der Waals surface area contributed by atoms with Crippen LogP contribution in [0, 0.1) is 12.3 Å². The molecule has 0 unspecified atom stereocenters. The molecule has 3 rings (SSSR count). The zero-order chi connectivity index (χ0) is 17.6. The van der Waals surface area contributed by atoms with Crippen LogP contribution >= 0.6 is 12.4 Å². The van der Waals surface area contributed by atoms with Crippen molar-refractivity contribution in [1.29, 1.82) is 5.41 Å². The third-order valence-corrected chi connectivity index (χ3v) is 4.21. The number of aryl methyl sites for hydroxylation is 1. The minimum atomic E-state index is -0.234. The Balaban J connectivity index is 0.00000243. The van der Waals surface area contributed by atoms with E-state index in [2.05, 4.69) is 10.3 Å². The van der Waals surface area contributed by atoms with Crippen molar-refractivity contribution in [1.82, 2.24) is 10.3 Å². The Kier molecular flexibility index (Phi) is 6.75. The Hall–Kier alpha value is -2.85. The SMILES string of the molecule is Cc1c[nH]c(=O)c(C(=N)NCc2ccccc2)c1Cc1ccccc1.Cl. The van der Waals surface area contributed by atoms with Crippen molar-refractivity contribution in [3.63, 3.8) is 0 Å². The van der Waals surface area contributed by atoms with Gasteiger partial charge in [-0.3, -0.25) is 10.2 Å². The molecular weight excluding hydrogens is 346 g/mol. The molecule has 5 heteroatoms. The minimum absolute atomic E-state index is 0. The molecule has 4 nitrogen and oxygen atoms in total. The van der Waals surface area contributed by atoms with E-state index in [-0.39, 0.29) is 23.8 Å². The van der Waals surface area contributed by atoms with Crippen LogP contribution < -0.4 is 10.9 Å². The lowest BCUT2D eigenvalue weighted by molar-refractivity contribution is 0.900. The molecule has 0 bridgehead atoms. The number of pyridine rings is 1. The molecule has 0 saturated heterocycles. The van der Waals surface area contributed by atoms with Crippen molar-refractivity contribution >= 4 is 18.2 Å². The van der Waals surface area contributed by atoms with E-state index in [9.17, 15) is 4.79 Å². The molecule has 3 aromatic rings. The number of amidine groups is 1. The predicted octanol–water partition coefficient (Wildman–Crippen LogP) is 3.81. The quantitative estimate of drug-likeness (QED) is 0.474. The molecule has 0 spiro atoms. The van der Waals surface area contributed by atoms with Crippen LogP contribution in [0.5, 0.6) is 0 Å². The van der Waals surface area contributed by atoms with Crippen LogP contribution in [0.15, 0.2) is 71.7 Å². The second-order valence-corrected chi connectivity index (χ2v) is 6.03. The van der Waals surface area contributed by atoms with E-state index in [0.717, 1.165) is 22.3 Å². The maximum absolute atomic E-state index is 12.4. The van der Waals surface area contributed by atoms with E-state index in [1.807, 2.05) is 67.6 Å². The van der Waals surface area contributed by atoms with Crippen LogP contribution in [0.2, 0.25) is 0 Å². The van der Waals surface area contributed by atoms with Crippen LogP contribution in [-0.4, -0.2) is 10.8 Å². The number of hydrogen-bond acceptors (Lipinski definition) is 2. The van der Waals surface area contributed by atoms with Gasteiger partial charge in [-0.25, -0.2) is 0 Å². The van der Waals surface area contributed by atoms with Gasteiger partial charge in [-0.1, -0.05) is 60.7 Å². The fraction of sp³-hybridized carbons (Fsp3) is 0.143. The number of benzene rings is 2. The Bertz CT molecular complexity index is 921. The number of aromatic nitrogens is 1. The van der Waals surface area contributed by atoms with Crippen LogP contribution in [0.3, 0.4) is 0 Å². The summed E-state index contributed by atoms with van der Waals surface area (Å²) < 4.78 is 0. The highest BCUT2D eigenvalue weighted by Gasteiger charge is 2.15. The van der Waals surface area contributed by atoms with Gasteiger partial charge in [0, 0.05) is 12.7 Å². The number of halogens is 1. The molecule has 26 heavy (non-hydrogen) atoms. The topological polar surface area (TPSA) is 68.7 Å². The zero-order valence-corrected chi connectivity index (χ0v) is 15.4. The van der Waals surface area contributed by atoms with E-state index < -0.39 is 0 Å². The molecule has 134 valence electrons. The number of rotatable bonds is 5. The first-order valence-corrected chi connectivity index (χ1v) is 8.27. The molecule has 0 amide bonds. The molecular formula is C21H22ClN3O. The monoisotopic (exact) mass is 367 g/mol. The lowest BCUT2D eigenvalue weighted by atomic mass is 9.96. The summed E-state index contributed by atoms with van der Waals surface area (Å²) in [7, 11) is 0. The Morgan fingerprint density at radius 1 is 1.00 bits per heavy atom.